The zero-order chi connectivity index (χ0) is 20.8. The Morgan fingerprint density at radius 3 is 2.37 bits per heavy atom. The minimum absolute atomic E-state index is 0.0108. The molecule has 0 bridgehead atoms. The molecule has 0 atom stereocenters. The van der Waals surface area contributed by atoms with Gasteiger partial charge in [-0.25, -0.2) is 4.98 Å². The largest absolute Gasteiger partial charge is 0.330 e. The van der Waals surface area contributed by atoms with Gasteiger partial charge in [-0.1, -0.05) is 41.9 Å². The fourth-order valence-electron chi connectivity index (χ4n) is 3.69. The molecule has 2 heterocycles. The van der Waals surface area contributed by atoms with Crippen LogP contribution >= 0.6 is 11.6 Å². The maximum atomic E-state index is 12.3. The van der Waals surface area contributed by atoms with Crippen molar-refractivity contribution in [3.05, 3.63) is 72.0 Å². The number of hydrogen-bond acceptors (Lipinski definition) is 4. The summed E-state index contributed by atoms with van der Waals surface area (Å²) in [5, 5.41) is 3.59. The van der Waals surface area contributed by atoms with E-state index in [9.17, 15) is 4.79 Å². The normalized spacial score (nSPS) is 15.2. The summed E-state index contributed by atoms with van der Waals surface area (Å²) in [6.45, 7) is 6.00. The van der Waals surface area contributed by atoms with Gasteiger partial charge < -0.3 is 9.88 Å². The SMILES string of the molecule is O=C(CN1CCN(CCn2ccnc2-c2ccccc2)CC1)Nc1ccc(Cl)cc1. The Kier molecular flexibility index (Phi) is 6.79. The molecule has 6 nitrogen and oxygen atoms in total. The summed E-state index contributed by atoms with van der Waals surface area (Å²) in [6.07, 6.45) is 3.90. The van der Waals surface area contributed by atoms with Crippen molar-refractivity contribution in [3.63, 3.8) is 0 Å². The van der Waals surface area contributed by atoms with E-state index in [1.807, 2.05) is 42.7 Å². The van der Waals surface area contributed by atoms with E-state index in [1.54, 1.807) is 12.1 Å². The first kappa shape index (κ1) is 20.6. The number of carbonyl (C=O) groups is 1. The Morgan fingerprint density at radius 1 is 0.933 bits per heavy atom. The van der Waals surface area contributed by atoms with E-state index in [1.165, 1.54) is 0 Å². The lowest BCUT2D eigenvalue weighted by atomic mass is 10.2. The van der Waals surface area contributed by atoms with Crippen LogP contribution in [-0.4, -0.2) is 64.5 Å². The molecule has 1 aliphatic heterocycles. The van der Waals surface area contributed by atoms with Crippen LogP contribution in [0.4, 0.5) is 5.69 Å². The minimum atomic E-state index is 0.0108. The predicted octanol–water partition coefficient (Wildman–Crippen LogP) is 3.46. The van der Waals surface area contributed by atoms with Crippen LogP contribution in [0.2, 0.25) is 5.02 Å². The van der Waals surface area contributed by atoms with Crippen molar-refractivity contribution < 1.29 is 4.79 Å². The average Bonchev–Trinajstić information content (AvgIpc) is 3.24. The summed E-state index contributed by atoms with van der Waals surface area (Å²) in [4.78, 5) is 21.5. The molecule has 1 N–H and O–H groups in total. The molecule has 4 rings (SSSR count). The summed E-state index contributed by atoms with van der Waals surface area (Å²) in [5.74, 6) is 1.02. The first-order valence-electron chi connectivity index (χ1n) is 10.2. The summed E-state index contributed by atoms with van der Waals surface area (Å²) in [6, 6.07) is 17.5. The Hall–Kier alpha value is -2.67. The van der Waals surface area contributed by atoms with Gasteiger partial charge in [0.05, 0.1) is 6.54 Å². The molecular weight excluding hydrogens is 398 g/mol. The number of nitrogens with zero attached hydrogens (tertiary/aromatic N) is 4. The van der Waals surface area contributed by atoms with Crippen LogP contribution in [0.15, 0.2) is 67.0 Å². The van der Waals surface area contributed by atoms with Gasteiger partial charge in [-0.15, -0.1) is 0 Å². The van der Waals surface area contributed by atoms with E-state index in [-0.39, 0.29) is 5.91 Å². The van der Waals surface area contributed by atoms with Crippen LogP contribution in [0.1, 0.15) is 0 Å². The van der Waals surface area contributed by atoms with Gasteiger partial charge in [0.15, 0.2) is 0 Å². The van der Waals surface area contributed by atoms with Crippen LogP contribution in [0, 0.1) is 0 Å². The van der Waals surface area contributed by atoms with Gasteiger partial charge >= 0.3 is 0 Å². The quantitative estimate of drug-likeness (QED) is 0.632. The Labute approximate surface area is 182 Å². The summed E-state index contributed by atoms with van der Waals surface area (Å²) in [7, 11) is 0. The molecule has 2 aromatic carbocycles. The maximum Gasteiger partial charge on any atom is 0.238 e. The number of imidazole rings is 1. The molecular formula is C23H26ClN5O. The van der Waals surface area contributed by atoms with E-state index in [2.05, 4.69) is 36.8 Å². The molecule has 1 aliphatic rings. The molecule has 0 saturated carbocycles. The monoisotopic (exact) mass is 423 g/mol. The molecule has 3 aromatic rings. The highest BCUT2D eigenvalue weighted by Gasteiger charge is 2.19. The van der Waals surface area contributed by atoms with Crippen molar-refractivity contribution in [2.75, 3.05) is 44.6 Å². The van der Waals surface area contributed by atoms with Crippen molar-refractivity contribution in [2.45, 2.75) is 6.54 Å². The van der Waals surface area contributed by atoms with E-state index in [0.29, 0.717) is 11.6 Å². The van der Waals surface area contributed by atoms with Gasteiger partial charge in [-0.05, 0) is 24.3 Å². The second-order valence-corrected chi connectivity index (χ2v) is 7.92. The summed E-state index contributed by atoms with van der Waals surface area (Å²) >= 11 is 5.88. The molecule has 1 fully saturated rings. The molecule has 0 unspecified atom stereocenters. The van der Waals surface area contributed by atoms with Gasteiger partial charge in [0.2, 0.25) is 5.91 Å². The van der Waals surface area contributed by atoms with E-state index in [0.717, 1.165) is 56.3 Å². The zero-order valence-electron chi connectivity index (χ0n) is 16.9. The molecule has 7 heteroatoms. The third-order valence-corrected chi connectivity index (χ3v) is 5.62. The molecule has 0 aliphatic carbocycles. The number of carbonyl (C=O) groups excluding carboxylic acids is 1. The molecule has 0 radical (unpaired) electrons. The lowest BCUT2D eigenvalue weighted by molar-refractivity contribution is -0.117. The predicted molar refractivity (Wildman–Crippen MR) is 121 cm³/mol. The number of benzene rings is 2. The first-order valence-corrected chi connectivity index (χ1v) is 10.6. The topological polar surface area (TPSA) is 53.4 Å². The third-order valence-electron chi connectivity index (χ3n) is 5.36. The number of aromatic nitrogens is 2. The van der Waals surface area contributed by atoms with Crippen molar-refractivity contribution in [3.8, 4) is 11.4 Å². The molecule has 0 spiro atoms. The van der Waals surface area contributed by atoms with Gasteiger partial charge in [-0.3, -0.25) is 14.6 Å². The van der Waals surface area contributed by atoms with Gasteiger partial charge in [0, 0.05) is 67.9 Å². The summed E-state index contributed by atoms with van der Waals surface area (Å²) in [5.41, 5.74) is 1.91. The van der Waals surface area contributed by atoms with Crippen molar-refractivity contribution >= 4 is 23.2 Å². The standard InChI is InChI=1S/C23H26ClN5O/c24-20-6-8-21(9-7-20)26-22(30)18-28-14-12-27(13-15-28)16-17-29-11-10-25-23(29)19-4-2-1-3-5-19/h1-11H,12-18H2,(H,26,30). The highest BCUT2D eigenvalue weighted by molar-refractivity contribution is 6.30. The Morgan fingerprint density at radius 2 is 1.63 bits per heavy atom. The van der Waals surface area contributed by atoms with Crippen molar-refractivity contribution in [1.82, 2.24) is 19.4 Å². The number of hydrogen-bond donors (Lipinski definition) is 1. The Bertz CT molecular complexity index is 949. The van der Waals surface area contributed by atoms with E-state index in [4.69, 9.17) is 11.6 Å². The van der Waals surface area contributed by atoms with Crippen LogP contribution in [0.25, 0.3) is 11.4 Å². The van der Waals surface area contributed by atoms with Crippen molar-refractivity contribution in [1.29, 1.82) is 0 Å². The smallest absolute Gasteiger partial charge is 0.238 e. The van der Waals surface area contributed by atoms with Crippen LogP contribution in [0.3, 0.4) is 0 Å². The lowest BCUT2D eigenvalue weighted by Gasteiger charge is -2.34. The number of piperazine rings is 1. The Balaban J connectivity index is 1.21. The highest BCUT2D eigenvalue weighted by atomic mass is 35.5. The fraction of sp³-hybridized carbons (Fsp3) is 0.304. The minimum Gasteiger partial charge on any atom is -0.330 e. The molecule has 156 valence electrons. The second-order valence-electron chi connectivity index (χ2n) is 7.48. The summed E-state index contributed by atoms with van der Waals surface area (Å²) < 4.78 is 2.21. The van der Waals surface area contributed by atoms with Crippen LogP contribution in [-0.2, 0) is 11.3 Å². The molecule has 1 aromatic heterocycles. The van der Waals surface area contributed by atoms with Gasteiger partial charge in [0.25, 0.3) is 0 Å². The zero-order valence-corrected chi connectivity index (χ0v) is 17.6. The number of halogens is 1. The lowest BCUT2D eigenvalue weighted by Crippen LogP contribution is -2.49. The van der Waals surface area contributed by atoms with Crippen LogP contribution < -0.4 is 5.32 Å². The average molecular weight is 424 g/mol. The maximum absolute atomic E-state index is 12.3. The van der Waals surface area contributed by atoms with E-state index >= 15 is 0 Å². The number of nitrogens with one attached hydrogen (secondary N) is 1. The van der Waals surface area contributed by atoms with Gasteiger partial charge in [0.1, 0.15) is 5.82 Å². The fourth-order valence-corrected chi connectivity index (χ4v) is 3.82. The molecule has 30 heavy (non-hydrogen) atoms. The highest BCUT2D eigenvalue weighted by Crippen LogP contribution is 2.17. The second kappa shape index (κ2) is 9.89. The first-order chi connectivity index (χ1) is 14.7. The number of anilines is 1. The van der Waals surface area contributed by atoms with Crippen LogP contribution in [0.5, 0.6) is 0 Å². The van der Waals surface area contributed by atoms with Crippen molar-refractivity contribution in [2.24, 2.45) is 0 Å². The molecule has 1 amide bonds. The van der Waals surface area contributed by atoms with Gasteiger partial charge in [-0.2, -0.15) is 0 Å². The number of rotatable bonds is 7. The third kappa shape index (κ3) is 5.48. The number of amides is 1. The molecule has 1 saturated heterocycles. The van der Waals surface area contributed by atoms with E-state index < -0.39 is 0 Å².